The van der Waals surface area contributed by atoms with Crippen molar-refractivity contribution in [3.8, 4) is 16.4 Å². The van der Waals surface area contributed by atoms with Crippen molar-refractivity contribution in [2.45, 2.75) is 19.9 Å². The third-order valence-corrected chi connectivity index (χ3v) is 5.30. The second-order valence-electron chi connectivity index (χ2n) is 7.29. The first-order valence-corrected chi connectivity index (χ1v) is 10.8. The lowest BCUT2D eigenvalue weighted by Gasteiger charge is -2.09. The topological polar surface area (TPSA) is 88.9 Å². The monoisotopic (exact) mass is 449 g/mol. The molecule has 2 N–H and O–H groups in total. The van der Waals surface area contributed by atoms with Gasteiger partial charge in [0.15, 0.2) is 5.82 Å². The minimum Gasteiger partial charge on any atom is -0.350 e. The summed E-state index contributed by atoms with van der Waals surface area (Å²) in [6.07, 6.45) is 0. The molecule has 0 saturated carbocycles. The molecular weight excluding hydrogens is 429 g/mol. The molecule has 162 valence electrons. The van der Waals surface area contributed by atoms with E-state index in [1.54, 1.807) is 36.4 Å². The average molecular weight is 450 g/mol. The predicted molar refractivity (Wildman–Crippen MR) is 122 cm³/mol. The number of thiophene rings is 1. The fourth-order valence-electron chi connectivity index (χ4n) is 3.00. The largest absolute Gasteiger partial charge is 0.350 e. The van der Waals surface area contributed by atoms with Crippen LogP contribution in [0.25, 0.3) is 16.4 Å². The zero-order valence-electron chi connectivity index (χ0n) is 17.4. The summed E-state index contributed by atoms with van der Waals surface area (Å²) >= 11 is 1.44. The van der Waals surface area contributed by atoms with Crippen LogP contribution in [-0.4, -0.2) is 32.6 Å². The Morgan fingerprint density at radius 2 is 1.81 bits per heavy atom. The number of nitrogens with one attached hydrogen (secondary N) is 2. The second kappa shape index (κ2) is 9.11. The van der Waals surface area contributed by atoms with Crippen LogP contribution < -0.4 is 10.6 Å². The number of benzene rings is 2. The molecule has 0 atom stereocenters. The molecule has 9 heteroatoms. The number of carbonyl (C=O) groups excluding carboxylic acids is 2. The van der Waals surface area contributed by atoms with Crippen molar-refractivity contribution in [2.75, 3.05) is 5.32 Å². The highest BCUT2D eigenvalue weighted by Crippen LogP contribution is 2.26. The normalized spacial score (nSPS) is 10.9. The Kier molecular flexibility index (Phi) is 6.09. The van der Waals surface area contributed by atoms with Gasteiger partial charge >= 0.3 is 0 Å². The first kappa shape index (κ1) is 21.4. The number of aromatic nitrogens is 3. The Hall–Kier alpha value is -3.85. The van der Waals surface area contributed by atoms with Gasteiger partial charge < -0.3 is 10.6 Å². The van der Waals surface area contributed by atoms with E-state index in [4.69, 9.17) is 0 Å². The molecule has 4 aromatic rings. The zero-order chi connectivity index (χ0) is 22.7. The molecule has 0 fully saturated rings. The van der Waals surface area contributed by atoms with E-state index in [1.807, 2.05) is 31.4 Å². The van der Waals surface area contributed by atoms with E-state index in [0.717, 1.165) is 4.88 Å². The molecule has 0 aliphatic carbocycles. The quantitative estimate of drug-likeness (QED) is 0.453. The number of amides is 2. The number of anilines is 1. The van der Waals surface area contributed by atoms with E-state index in [2.05, 4.69) is 20.7 Å². The summed E-state index contributed by atoms with van der Waals surface area (Å²) in [6.45, 7) is 3.76. The van der Waals surface area contributed by atoms with Crippen molar-refractivity contribution in [3.63, 3.8) is 0 Å². The molecule has 0 saturated heterocycles. The Morgan fingerprint density at radius 1 is 1.03 bits per heavy atom. The van der Waals surface area contributed by atoms with Crippen LogP contribution in [0.4, 0.5) is 10.1 Å². The Labute approximate surface area is 187 Å². The summed E-state index contributed by atoms with van der Waals surface area (Å²) in [7, 11) is 0. The summed E-state index contributed by atoms with van der Waals surface area (Å²) in [5.74, 6) is -0.732. The molecule has 0 aliphatic rings. The van der Waals surface area contributed by atoms with E-state index < -0.39 is 11.7 Å². The van der Waals surface area contributed by atoms with E-state index in [0.29, 0.717) is 22.8 Å². The van der Waals surface area contributed by atoms with Gasteiger partial charge in [-0.3, -0.25) is 9.59 Å². The van der Waals surface area contributed by atoms with Crippen LogP contribution in [0.5, 0.6) is 0 Å². The number of carbonyl (C=O) groups is 2. The second-order valence-corrected chi connectivity index (χ2v) is 8.24. The van der Waals surface area contributed by atoms with Gasteiger partial charge in [0.25, 0.3) is 11.8 Å². The smallest absolute Gasteiger partial charge is 0.295 e. The summed E-state index contributed by atoms with van der Waals surface area (Å²) in [6, 6.07) is 16.2. The number of hydrogen-bond donors (Lipinski definition) is 2. The summed E-state index contributed by atoms with van der Waals surface area (Å²) in [5.41, 5.74) is 1.45. The van der Waals surface area contributed by atoms with Crippen LogP contribution in [0.1, 0.15) is 34.8 Å². The van der Waals surface area contributed by atoms with Crippen LogP contribution in [0.3, 0.4) is 0 Å². The molecule has 0 bridgehead atoms. The van der Waals surface area contributed by atoms with Gasteiger partial charge in [-0.05, 0) is 67.8 Å². The Bertz CT molecular complexity index is 1250. The minimum atomic E-state index is -0.516. The fourth-order valence-corrected chi connectivity index (χ4v) is 3.70. The standard InChI is InChI=1S/C23H20FN5O2S/c1-14(2)25-22(30)15-8-10-17(11-9-15)26-23(31)20-27-21(19-7-4-12-32-19)29(28-20)18-6-3-5-16(24)13-18/h3-14H,1-2H3,(H,25,30)(H,26,31). The van der Waals surface area contributed by atoms with Gasteiger partial charge in [0.1, 0.15) is 5.82 Å². The van der Waals surface area contributed by atoms with Gasteiger partial charge in [-0.15, -0.1) is 16.4 Å². The number of rotatable bonds is 6. The summed E-state index contributed by atoms with van der Waals surface area (Å²) in [4.78, 5) is 30.1. The van der Waals surface area contributed by atoms with Crippen molar-refractivity contribution >= 4 is 28.8 Å². The molecule has 32 heavy (non-hydrogen) atoms. The predicted octanol–water partition coefficient (Wildman–Crippen LogP) is 4.53. The number of halogens is 1. The number of hydrogen-bond acceptors (Lipinski definition) is 5. The van der Waals surface area contributed by atoms with Gasteiger partial charge in [-0.2, -0.15) is 0 Å². The van der Waals surface area contributed by atoms with E-state index in [1.165, 1.54) is 28.2 Å². The van der Waals surface area contributed by atoms with Crippen molar-refractivity contribution in [1.82, 2.24) is 20.1 Å². The SMILES string of the molecule is CC(C)NC(=O)c1ccc(NC(=O)c2nc(-c3cccs3)n(-c3cccc(F)c3)n2)cc1. The van der Waals surface area contributed by atoms with Crippen LogP contribution >= 0.6 is 11.3 Å². The van der Waals surface area contributed by atoms with Crippen molar-refractivity contribution in [2.24, 2.45) is 0 Å². The average Bonchev–Trinajstić information content (AvgIpc) is 3.44. The van der Waals surface area contributed by atoms with Crippen LogP contribution in [0, 0.1) is 5.82 Å². The molecule has 0 spiro atoms. The molecule has 0 radical (unpaired) electrons. The summed E-state index contributed by atoms with van der Waals surface area (Å²) < 4.78 is 15.2. The molecule has 2 amide bonds. The Morgan fingerprint density at radius 3 is 2.47 bits per heavy atom. The lowest BCUT2D eigenvalue weighted by atomic mass is 10.2. The highest BCUT2D eigenvalue weighted by molar-refractivity contribution is 7.13. The molecule has 7 nitrogen and oxygen atoms in total. The Balaban J connectivity index is 1.59. The third-order valence-electron chi connectivity index (χ3n) is 4.43. The minimum absolute atomic E-state index is 0.0266. The molecule has 2 heterocycles. The summed E-state index contributed by atoms with van der Waals surface area (Å²) in [5, 5.41) is 11.8. The lowest BCUT2D eigenvalue weighted by molar-refractivity contribution is 0.0942. The maximum Gasteiger partial charge on any atom is 0.295 e. The van der Waals surface area contributed by atoms with Crippen LogP contribution in [-0.2, 0) is 0 Å². The first-order valence-electron chi connectivity index (χ1n) is 9.90. The van der Waals surface area contributed by atoms with E-state index >= 15 is 0 Å². The van der Waals surface area contributed by atoms with Gasteiger partial charge in [0.05, 0.1) is 10.6 Å². The zero-order valence-corrected chi connectivity index (χ0v) is 18.2. The van der Waals surface area contributed by atoms with Crippen molar-refractivity contribution < 1.29 is 14.0 Å². The van der Waals surface area contributed by atoms with Gasteiger partial charge in [-0.1, -0.05) is 12.1 Å². The highest BCUT2D eigenvalue weighted by atomic mass is 32.1. The van der Waals surface area contributed by atoms with Gasteiger partial charge in [0.2, 0.25) is 5.82 Å². The maximum absolute atomic E-state index is 13.8. The van der Waals surface area contributed by atoms with Gasteiger partial charge in [-0.25, -0.2) is 14.1 Å². The number of nitrogens with zero attached hydrogens (tertiary/aromatic N) is 3. The fraction of sp³-hybridized carbons (Fsp3) is 0.130. The first-order chi connectivity index (χ1) is 15.4. The third kappa shape index (κ3) is 4.73. The van der Waals surface area contributed by atoms with E-state index in [9.17, 15) is 14.0 Å². The van der Waals surface area contributed by atoms with Crippen LogP contribution in [0.2, 0.25) is 0 Å². The molecule has 2 aromatic carbocycles. The molecule has 0 aliphatic heterocycles. The van der Waals surface area contributed by atoms with E-state index in [-0.39, 0.29) is 17.8 Å². The van der Waals surface area contributed by atoms with Crippen LogP contribution in [0.15, 0.2) is 66.0 Å². The van der Waals surface area contributed by atoms with Crippen molar-refractivity contribution in [1.29, 1.82) is 0 Å². The maximum atomic E-state index is 13.8. The molecule has 2 aromatic heterocycles. The lowest BCUT2D eigenvalue weighted by Crippen LogP contribution is -2.30. The van der Waals surface area contributed by atoms with Gasteiger partial charge in [0, 0.05) is 17.3 Å². The van der Waals surface area contributed by atoms with Crippen molar-refractivity contribution in [3.05, 3.63) is 83.2 Å². The molecule has 0 unspecified atom stereocenters. The molecule has 4 rings (SSSR count). The highest BCUT2D eigenvalue weighted by Gasteiger charge is 2.20. The molecular formula is C23H20FN5O2S.